The highest BCUT2D eigenvalue weighted by atomic mass is 16.4. The minimum Gasteiger partial charge on any atom is -0.480 e. The largest absolute Gasteiger partial charge is 0.480 e. The molecule has 8 nitrogen and oxygen atoms in total. The molecular weight excluding hydrogens is 264 g/mol. The third-order valence-electron chi connectivity index (χ3n) is 2.62. The number of urea groups is 1. The van der Waals surface area contributed by atoms with Crippen LogP contribution in [0.25, 0.3) is 0 Å². The van der Waals surface area contributed by atoms with Crippen LogP contribution in [0.4, 0.5) is 4.79 Å². The molecule has 1 atom stereocenters. The number of carboxylic acid groups (broad SMARTS) is 1. The van der Waals surface area contributed by atoms with Crippen molar-refractivity contribution in [3.05, 3.63) is 0 Å². The maximum Gasteiger partial charge on any atom is 0.326 e. The number of rotatable bonds is 8. The van der Waals surface area contributed by atoms with Crippen LogP contribution in [0.5, 0.6) is 0 Å². The number of hydrogen-bond acceptors (Lipinski definition) is 4. The second-order valence-corrected chi connectivity index (χ2v) is 4.54. The summed E-state index contributed by atoms with van der Waals surface area (Å²) in [6, 6.07) is -0.00620. The lowest BCUT2D eigenvalue weighted by Crippen LogP contribution is -2.50. The van der Waals surface area contributed by atoms with Crippen LogP contribution in [-0.2, 0) is 9.59 Å². The van der Waals surface area contributed by atoms with Gasteiger partial charge in [-0.25, -0.2) is 9.59 Å². The van der Waals surface area contributed by atoms with E-state index in [4.69, 9.17) is 16.1 Å². The summed E-state index contributed by atoms with van der Waals surface area (Å²) in [6.07, 6.45) is -0.0393. The third-order valence-corrected chi connectivity index (χ3v) is 2.62. The summed E-state index contributed by atoms with van der Waals surface area (Å²) in [5.41, 5.74) is 4.95. The first kappa shape index (κ1) is 17.7. The maximum atomic E-state index is 12.0. The summed E-state index contributed by atoms with van der Waals surface area (Å²) < 4.78 is 0. The molecule has 0 aliphatic rings. The Hall–Kier alpha value is -2.30. The molecule has 0 heterocycles. The van der Waals surface area contributed by atoms with Gasteiger partial charge in [-0.15, -0.1) is 0 Å². The van der Waals surface area contributed by atoms with Crippen molar-refractivity contribution in [2.24, 2.45) is 5.73 Å². The molecule has 0 aromatic heterocycles. The summed E-state index contributed by atoms with van der Waals surface area (Å²) in [4.78, 5) is 35.0. The van der Waals surface area contributed by atoms with Gasteiger partial charge in [-0.05, 0) is 20.3 Å². The molecule has 112 valence electrons. The minimum atomic E-state index is -1.23. The lowest BCUT2D eigenvalue weighted by atomic mass is 10.1. The number of hydrogen-bond donors (Lipinski definition) is 3. The molecule has 0 radical (unpaired) electrons. The first-order chi connectivity index (χ1) is 9.29. The fraction of sp³-hybridized carbons (Fsp3) is 0.667. The molecule has 0 saturated heterocycles. The van der Waals surface area contributed by atoms with Gasteiger partial charge in [0.1, 0.15) is 6.04 Å². The van der Waals surface area contributed by atoms with Crippen LogP contribution in [0.1, 0.15) is 33.1 Å². The first-order valence-electron chi connectivity index (χ1n) is 6.24. The second kappa shape index (κ2) is 8.74. The Morgan fingerprint density at radius 2 is 2.00 bits per heavy atom. The van der Waals surface area contributed by atoms with Crippen LogP contribution in [0, 0.1) is 11.3 Å². The molecule has 0 saturated carbocycles. The molecule has 0 rings (SSSR count). The van der Waals surface area contributed by atoms with E-state index in [-0.39, 0.29) is 31.8 Å². The van der Waals surface area contributed by atoms with E-state index in [1.54, 1.807) is 13.8 Å². The lowest BCUT2D eigenvalue weighted by molar-refractivity contribution is -0.139. The van der Waals surface area contributed by atoms with Gasteiger partial charge in [0.05, 0.1) is 12.5 Å². The zero-order chi connectivity index (χ0) is 15.7. The van der Waals surface area contributed by atoms with Crippen molar-refractivity contribution in [2.45, 2.75) is 45.2 Å². The van der Waals surface area contributed by atoms with Crippen molar-refractivity contribution in [2.75, 3.05) is 6.54 Å². The van der Waals surface area contributed by atoms with Crippen molar-refractivity contribution in [3.8, 4) is 6.07 Å². The number of carboxylic acids is 1. The average molecular weight is 284 g/mol. The number of nitriles is 1. The average Bonchev–Trinajstić information content (AvgIpc) is 2.33. The van der Waals surface area contributed by atoms with Gasteiger partial charge in [-0.3, -0.25) is 4.79 Å². The molecule has 0 bridgehead atoms. The molecule has 0 fully saturated rings. The second-order valence-electron chi connectivity index (χ2n) is 4.54. The highest BCUT2D eigenvalue weighted by Gasteiger charge is 2.24. The Balaban J connectivity index is 4.66. The Labute approximate surface area is 117 Å². The van der Waals surface area contributed by atoms with Crippen LogP contribution in [0.3, 0.4) is 0 Å². The molecule has 0 aliphatic heterocycles. The normalized spacial score (nSPS) is 11.5. The summed E-state index contributed by atoms with van der Waals surface area (Å²) in [5.74, 6) is -1.86. The van der Waals surface area contributed by atoms with Crippen molar-refractivity contribution >= 4 is 17.9 Å². The number of nitrogens with zero attached hydrogens (tertiary/aromatic N) is 2. The summed E-state index contributed by atoms with van der Waals surface area (Å²) in [7, 11) is 0. The molecule has 0 aromatic carbocycles. The third kappa shape index (κ3) is 6.58. The van der Waals surface area contributed by atoms with Crippen molar-refractivity contribution in [3.63, 3.8) is 0 Å². The summed E-state index contributed by atoms with van der Waals surface area (Å²) in [5, 5.41) is 19.9. The van der Waals surface area contributed by atoms with Gasteiger partial charge in [0.25, 0.3) is 0 Å². The van der Waals surface area contributed by atoms with Crippen LogP contribution in [0.15, 0.2) is 0 Å². The number of nitrogens with one attached hydrogen (secondary N) is 1. The SMILES string of the molecule is CC(C)N(CCC#N)C(=O)NC(CCC(N)=O)C(=O)O. The number of nitrogens with two attached hydrogens (primary N) is 1. The van der Waals surface area contributed by atoms with E-state index < -0.39 is 23.9 Å². The van der Waals surface area contributed by atoms with Crippen LogP contribution in [-0.4, -0.2) is 46.5 Å². The van der Waals surface area contributed by atoms with E-state index in [0.29, 0.717) is 0 Å². The van der Waals surface area contributed by atoms with Crippen LogP contribution in [0.2, 0.25) is 0 Å². The van der Waals surface area contributed by atoms with E-state index in [1.807, 2.05) is 6.07 Å². The number of aliphatic carboxylic acids is 1. The topological polar surface area (TPSA) is 137 Å². The number of carbonyl (C=O) groups is 3. The van der Waals surface area contributed by atoms with E-state index in [2.05, 4.69) is 5.32 Å². The fourth-order valence-corrected chi connectivity index (χ4v) is 1.54. The minimum absolute atomic E-state index is 0.0689. The van der Waals surface area contributed by atoms with Gasteiger partial charge in [-0.2, -0.15) is 5.26 Å². The first-order valence-corrected chi connectivity index (χ1v) is 6.24. The van der Waals surface area contributed by atoms with E-state index in [1.165, 1.54) is 4.90 Å². The molecule has 1 unspecified atom stereocenters. The zero-order valence-electron chi connectivity index (χ0n) is 11.6. The van der Waals surface area contributed by atoms with Gasteiger partial charge in [0.15, 0.2) is 0 Å². The van der Waals surface area contributed by atoms with Crippen molar-refractivity contribution < 1.29 is 19.5 Å². The molecule has 0 aliphatic carbocycles. The molecule has 8 heteroatoms. The van der Waals surface area contributed by atoms with Gasteiger partial charge >= 0.3 is 12.0 Å². The van der Waals surface area contributed by atoms with Gasteiger partial charge in [0.2, 0.25) is 5.91 Å². The van der Waals surface area contributed by atoms with E-state index in [0.717, 1.165) is 0 Å². The van der Waals surface area contributed by atoms with Crippen molar-refractivity contribution in [1.29, 1.82) is 5.26 Å². The Morgan fingerprint density at radius 1 is 1.40 bits per heavy atom. The predicted octanol–water partition coefficient (Wildman–Crippen LogP) is 0.0388. The number of primary amides is 1. The fourth-order valence-electron chi connectivity index (χ4n) is 1.54. The van der Waals surface area contributed by atoms with E-state index >= 15 is 0 Å². The van der Waals surface area contributed by atoms with Gasteiger partial charge < -0.3 is 21.1 Å². The molecule has 0 spiro atoms. The van der Waals surface area contributed by atoms with Gasteiger partial charge in [0, 0.05) is 19.0 Å². The molecular formula is C12H20N4O4. The maximum absolute atomic E-state index is 12.0. The Morgan fingerprint density at radius 3 is 2.40 bits per heavy atom. The summed E-state index contributed by atoms with van der Waals surface area (Å²) >= 11 is 0. The molecule has 3 amide bonds. The monoisotopic (exact) mass is 284 g/mol. The quantitative estimate of drug-likeness (QED) is 0.578. The van der Waals surface area contributed by atoms with E-state index in [9.17, 15) is 14.4 Å². The van der Waals surface area contributed by atoms with Crippen molar-refractivity contribution in [1.82, 2.24) is 10.2 Å². The number of amides is 3. The standard InChI is InChI=1S/C12H20N4O4/c1-8(2)16(7-3-6-13)12(20)15-9(11(18)19)4-5-10(14)17/h8-9H,3-5,7H2,1-2H3,(H2,14,17)(H,15,20)(H,18,19). The highest BCUT2D eigenvalue weighted by Crippen LogP contribution is 2.04. The Bertz CT molecular complexity index is 403. The zero-order valence-corrected chi connectivity index (χ0v) is 11.6. The Kier molecular flexibility index (Phi) is 7.74. The van der Waals surface area contributed by atoms with Crippen LogP contribution >= 0.6 is 0 Å². The lowest BCUT2D eigenvalue weighted by Gasteiger charge is -2.27. The number of carbonyl (C=O) groups excluding carboxylic acids is 2. The summed E-state index contributed by atoms with van der Waals surface area (Å²) in [6.45, 7) is 3.73. The molecule has 20 heavy (non-hydrogen) atoms. The molecule has 0 aromatic rings. The van der Waals surface area contributed by atoms with Gasteiger partial charge in [-0.1, -0.05) is 0 Å². The highest BCUT2D eigenvalue weighted by molar-refractivity contribution is 5.83. The molecule has 4 N–H and O–H groups in total. The smallest absolute Gasteiger partial charge is 0.326 e. The van der Waals surface area contributed by atoms with Crippen LogP contribution < -0.4 is 11.1 Å². The predicted molar refractivity (Wildman–Crippen MR) is 70.5 cm³/mol.